The van der Waals surface area contributed by atoms with Gasteiger partial charge in [-0.2, -0.15) is 5.26 Å². The van der Waals surface area contributed by atoms with Crippen molar-refractivity contribution in [3.05, 3.63) is 52.0 Å². The molecule has 0 aliphatic carbocycles. The number of aliphatic hydroxyl groups is 1. The van der Waals surface area contributed by atoms with Crippen LogP contribution in [0.4, 0.5) is 10.1 Å². The Bertz CT molecular complexity index is 611. The van der Waals surface area contributed by atoms with Crippen molar-refractivity contribution in [2.24, 2.45) is 0 Å². The largest absolute Gasteiger partial charge is 0.389 e. The van der Waals surface area contributed by atoms with Crippen LogP contribution in [0.5, 0.6) is 0 Å². The highest BCUT2D eigenvalue weighted by Crippen LogP contribution is 2.14. The summed E-state index contributed by atoms with van der Waals surface area (Å²) in [4.78, 5) is 1.10. The zero-order valence-electron chi connectivity index (χ0n) is 11.3. The van der Waals surface area contributed by atoms with Crippen molar-refractivity contribution in [3.8, 4) is 6.07 Å². The van der Waals surface area contributed by atoms with Crippen molar-refractivity contribution >= 4 is 17.0 Å². The van der Waals surface area contributed by atoms with E-state index in [0.29, 0.717) is 12.3 Å². The van der Waals surface area contributed by atoms with Crippen LogP contribution in [0.15, 0.2) is 35.7 Å². The molecule has 1 atom stereocenters. The molecule has 21 heavy (non-hydrogen) atoms. The van der Waals surface area contributed by atoms with Crippen molar-refractivity contribution in [2.75, 3.05) is 18.5 Å². The molecule has 0 spiro atoms. The van der Waals surface area contributed by atoms with Gasteiger partial charge in [0.1, 0.15) is 11.9 Å². The van der Waals surface area contributed by atoms with Crippen molar-refractivity contribution in [2.45, 2.75) is 12.7 Å². The second-order valence-corrected chi connectivity index (χ2v) is 5.47. The fourth-order valence-electron chi connectivity index (χ4n) is 1.71. The summed E-state index contributed by atoms with van der Waals surface area (Å²) in [7, 11) is 0. The molecule has 0 saturated carbocycles. The Labute approximate surface area is 126 Å². The van der Waals surface area contributed by atoms with Gasteiger partial charge in [0, 0.05) is 17.1 Å². The Morgan fingerprint density at radius 2 is 2.29 bits per heavy atom. The van der Waals surface area contributed by atoms with Crippen LogP contribution in [0.1, 0.15) is 10.4 Å². The van der Waals surface area contributed by atoms with E-state index < -0.39 is 11.9 Å². The highest BCUT2D eigenvalue weighted by molar-refractivity contribution is 7.09. The minimum Gasteiger partial charge on any atom is -0.389 e. The van der Waals surface area contributed by atoms with Crippen LogP contribution in [0, 0.1) is 17.1 Å². The van der Waals surface area contributed by atoms with Crippen molar-refractivity contribution < 1.29 is 14.2 Å². The van der Waals surface area contributed by atoms with Gasteiger partial charge in [-0.25, -0.2) is 4.39 Å². The third-order valence-electron chi connectivity index (χ3n) is 2.76. The number of thiophene rings is 1. The van der Waals surface area contributed by atoms with E-state index in [1.807, 2.05) is 17.5 Å². The Hall–Kier alpha value is -1.94. The van der Waals surface area contributed by atoms with Crippen LogP contribution < -0.4 is 5.32 Å². The minimum atomic E-state index is -0.680. The Balaban J connectivity index is 1.73. The molecular formula is C15H15FN2O2S. The molecular weight excluding hydrogens is 291 g/mol. The van der Waals surface area contributed by atoms with Crippen LogP contribution in [0.3, 0.4) is 0 Å². The summed E-state index contributed by atoms with van der Waals surface area (Å²) < 4.78 is 18.6. The molecule has 0 amide bonds. The SMILES string of the molecule is N#Cc1cc(NCC(O)COCc2cccs2)ccc1F. The average molecular weight is 306 g/mol. The number of hydrogen-bond acceptors (Lipinski definition) is 5. The molecule has 1 aromatic heterocycles. The van der Waals surface area contributed by atoms with Crippen molar-refractivity contribution in [3.63, 3.8) is 0 Å². The minimum absolute atomic E-state index is 0.0246. The van der Waals surface area contributed by atoms with E-state index in [9.17, 15) is 9.50 Å². The molecule has 6 heteroatoms. The van der Waals surface area contributed by atoms with Gasteiger partial charge < -0.3 is 15.2 Å². The van der Waals surface area contributed by atoms with Gasteiger partial charge in [-0.3, -0.25) is 0 Å². The number of rotatable bonds is 7. The number of nitrogens with one attached hydrogen (secondary N) is 1. The van der Waals surface area contributed by atoms with E-state index >= 15 is 0 Å². The van der Waals surface area contributed by atoms with Gasteiger partial charge >= 0.3 is 0 Å². The molecule has 0 aliphatic rings. The summed E-state index contributed by atoms with van der Waals surface area (Å²) in [6, 6.07) is 9.85. The number of aliphatic hydroxyl groups excluding tert-OH is 1. The number of halogens is 1. The number of nitrogens with zero attached hydrogens (tertiary/aromatic N) is 1. The Morgan fingerprint density at radius 3 is 3.00 bits per heavy atom. The zero-order valence-corrected chi connectivity index (χ0v) is 12.1. The Morgan fingerprint density at radius 1 is 1.43 bits per heavy atom. The first-order valence-electron chi connectivity index (χ1n) is 6.40. The summed E-state index contributed by atoms with van der Waals surface area (Å²) in [6.07, 6.45) is -0.680. The maximum absolute atomic E-state index is 13.2. The lowest BCUT2D eigenvalue weighted by Gasteiger charge is -2.13. The first-order valence-corrected chi connectivity index (χ1v) is 7.28. The third-order valence-corrected chi connectivity index (χ3v) is 3.61. The third kappa shape index (κ3) is 4.83. The van der Waals surface area contributed by atoms with Gasteiger partial charge in [-0.1, -0.05) is 6.07 Å². The molecule has 0 fully saturated rings. The molecule has 0 saturated heterocycles. The summed E-state index contributed by atoms with van der Waals surface area (Å²) in [6.45, 7) is 0.946. The van der Waals surface area contributed by atoms with Gasteiger partial charge in [0.05, 0.1) is 24.9 Å². The normalized spacial score (nSPS) is 11.9. The van der Waals surface area contributed by atoms with E-state index in [4.69, 9.17) is 10.00 Å². The van der Waals surface area contributed by atoms with Crippen LogP contribution in [0.25, 0.3) is 0 Å². The monoisotopic (exact) mass is 306 g/mol. The van der Waals surface area contributed by atoms with Gasteiger partial charge in [-0.15, -0.1) is 11.3 Å². The summed E-state index contributed by atoms with van der Waals surface area (Å²) in [5.74, 6) is -0.553. The second kappa shape index (κ2) is 7.74. The van der Waals surface area contributed by atoms with Gasteiger partial charge in [-0.05, 0) is 29.6 Å². The van der Waals surface area contributed by atoms with Gasteiger partial charge in [0.2, 0.25) is 0 Å². The quantitative estimate of drug-likeness (QED) is 0.825. The smallest absolute Gasteiger partial charge is 0.141 e. The molecule has 0 radical (unpaired) electrons. The molecule has 0 bridgehead atoms. The topological polar surface area (TPSA) is 65.3 Å². The van der Waals surface area contributed by atoms with E-state index in [0.717, 1.165) is 4.88 Å². The van der Waals surface area contributed by atoms with Crippen LogP contribution in [-0.2, 0) is 11.3 Å². The summed E-state index contributed by atoms with van der Waals surface area (Å²) >= 11 is 1.60. The molecule has 2 N–H and O–H groups in total. The maximum Gasteiger partial charge on any atom is 0.141 e. The van der Waals surface area contributed by atoms with Crippen LogP contribution >= 0.6 is 11.3 Å². The van der Waals surface area contributed by atoms with Gasteiger partial charge in [0.15, 0.2) is 0 Å². The highest BCUT2D eigenvalue weighted by Gasteiger charge is 2.07. The zero-order chi connectivity index (χ0) is 15.1. The average Bonchev–Trinajstić information content (AvgIpc) is 2.99. The van der Waals surface area contributed by atoms with E-state index in [-0.39, 0.29) is 18.7 Å². The second-order valence-electron chi connectivity index (χ2n) is 4.44. The first-order chi connectivity index (χ1) is 10.2. The lowest BCUT2D eigenvalue weighted by molar-refractivity contribution is 0.0359. The molecule has 1 heterocycles. The molecule has 110 valence electrons. The maximum atomic E-state index is 13.2. The van der Waals surface area contributed by atoms with Crippen LogP contribution in [0.2, 0.25) is 0 Å². The fourth-order valence-corrected chi connectivity index (χ4v) is 2.35. The molecule has 4 nitrogen and oxygen atoms in total. The summed E-state index contributed by atoms with van der Waals surface area (Å²) in [5.41, 5.74) is 0.564. The first kappa shape index (κ1) is 15.4. The molecule has 0 aliphatic heterocycles. The molecule has 2 rings (SSSR count). The van der Waals surface area contributed by atoms with Crippen molar-refractivity contribution in [1.29, 1.82) is 5.26 Å². The Kier molecular flexibility index (Phi) is 5.69. The number of benzene rings is 1. The molecule has 2 aromatic rings. The molecule has 1 unspecified atom stereocenters. The lowest BCUT2D eigenvalue weighted by Crippen LogP contribution is -2.24. The lowest BCUT2D eigenvalue weighted by atomic mass is 10.2. The number of nitriles is 1. The predicted molar refractivity (Wildman–Crippen MR) is 79.6 cm³/mol. The van der Waals surface area contributed by atoms with Gasteiger partial charge in [0.25, 0.3) is 0 Å². The standard InChI is InChI=1S/C15H15FN2O2S/c16-15-4-3-12(6-11(15)7-17)18-8-13(19)9-20-10-14-2-1-5-21-14/h1-6,13,18-19H,8-10H2. The van der Waals surface area contributed by atoms with E-state index in [1.165, 1.54) is 18.2 Å². The number of anilines is 1. The van der Waals surface area contributed by atoms with E-state index in [1.54, 1.807) is 17.4 Å². The summed E-state index contributed by atoms with van der Waals surface area (Å²) in [5, 5.41) is 23.5. The van der Waals surface area contributed by atoms with Crippen molar-refractivity contribution in [1.82, 2.24) is 0 Å². The fraction of sp³-hybridized carbons (Fsp3) is 0.267. The predicted octanol–water partition coefficient (Wildman–Crippen LogP) is 2.75. The van der Waals surface area contributed by atoms with Crippen LogP contribution in [-0.4, -0.2) is 24.4 Å². The molecule has 1 aromatic carbocycles. The number of ether oxygens (including phenoxy) is 1. The highest BCUT2D eigenvalue weighted by atomic mass is 32.1. The number of hydrogen-bond donors (Lipinski definition) is 2. The van der Waals surface area contributed by atoms with E-state index in [2.05, 4.69) is 5.32 Å².